The summed E-state index contributed by atoms with van der Waals surface area (Å²) in [5, 5.41) is 3.31. The molecule has 1 aromatic heterocycles. The largest absolute Gasteiger partial charge is 0.368 e. The Hall–Kier alpha value is -3.01. The number of nitrogens with zero attached hydrogens (tertiary/aromatic N) is 4. The number of aromatic nitrogens is 2. The van der Waals surface area contributed by atoms with Crippen LogP contribution in [0.4, 0.5) is 11.6 Å². The summed E-state index contributed by atoms with van der Waals surface area (Å²) in [5.74, 6) is 1.24. The van der Waals surface area contributed by atoms with Crippen molar-refractivity contribution in [3.8, 4) is 0 Å². The highest BCUT2D eigenvalue weighted by molar-refractivity contribution is 7.89. The number of fused-ring (bicyclic) bond motifs is 4. The van der Waals surface area contributed by atoms with Gasteiger partial charge in [-0.15, -0.1) is 0 Å². The highest BCUT2D eigenvalue weighted by Gasteiger charge is 2.48. The summed E-state index contributed by atoms with van der Waals surface area (Å²) in [4.78, 5) is 11.1. The summed E-state index contributed by atoms with van der Waals surface area (Å²) in [5.41, 5.74) is 1.76. The lowest BCUT2D eigenvalue weighted by atomic mass is 10.2. The minimum atomic E-state index is -3.77. The molecule has 5 rings (SSSR count). The number of benzene rings is 2. The van der Waals surface area contributed by atoms with Crippen LogP contribution in [-0.4, -0.2) is 48.9 Å². The van der Waals surface area contributed by atoms with E-state index in [1.54, 1.807) is 30.3 Å². The molecule has 0 aliphatic carbocycles. The quantitative estimate of drug-likeness (QED) is 0.656. The Labute approximate surface area is 181 Å². The van der Waals surface area contributed by atoms with Gasteiger partial charge < -0.3 is 15.0 Å². The van der Waals surface area contributed by atoms with Crippen LogP contribution in [0.3, 0.4) is 0 Å². The van der Waals surface area contributed by atoms with Crippen molar-refractivity contribution in [2.45, 2.75) is 23.7 Å². The van der Waals surface area contributed by atoms with E-state index in [1.165, 1.54) is 10.6 Å². The Balaban J connectivity index is 1.57. The first-order valence-electron chi connectivity index (χ1n) is 10.1. The monoisotopic (exact) mass is 437 g/mol. The lowest BCUT2D eigenvalue weighted by Gasteiger charge is -2.28. The molecule has 1 N–H and O–H groups in total. The molecule has 2 atom stereocenters. The fourth-order valence-corrected chi connectivity index (χ4v) is 5.83. The first kappa shape index (κ1) is 19.9. The molecule has 1 fully saturated rings. The molecule has 3 heterocycles. The van der Waals surface area contributed by atoms with Gasteiger partial charge in [0, 0.05) is 20.1 Å². The van der Waals surface area contributed by atoms with Crippen LogP contribution in [-0.2, 0) is 21.3 Å². The van der Waals surface area contributed by atoms with Crippen LogP contribution in [0.1, 0.15) is 17.4 Å². The second-order valence-corrected chi connectivity index (χ2v) is 9.51. The van der Waals surface area contributed by atoms with Gasteiger partial charge in [-0.2, -0.15) is 4.31 Å². The SMILES string of the molecule is CN(Cc1ccccc1)c1ncnc2c1C1OC[C@H](CN2)N1S(=O)(=O)c1ccccc1. The second kappa shape index (κ2) is 7.92. The first-order valence-corrected chi connectivity index (χ1v) is 11.5. The van der Waals surface area contributed by atoms with Gasteiger partial charge in [0.25, 0.3) is 0 Å². The van der Waals surface area contributed by atoms with Crippen LogP contribution in [0.2, 0.25) is 0 Å². The van der Waals surface area contributed by atoms with E-state index < -0.39 is 16.3 Å². The maximum atomic E-state index is 13.5. The van der Waals surface area contributed by atoms with Crippen molar-refractivity contribution in [1.82, 2.24) is 14.3 Å². The van der Waals surface area contributed by atoms with Crippen molar-refractivity contribution in [3.05, 3.63) is 78.1 Å². The fourth-order valence-electron chi connectivity index (χ4n) is 4.14. The van der Waals surface area contributed by atoms with Crippen molar-refractivity contribution < 1.29 is 13.2 Å². The normalized spacial score (nSPS) is 20.5. The van der Waals surface area contributed by atoms with Gasteiger partial charge in [0.2, 0.25) is 10.0 Å². The van der Waals surface area contributed by atoms with Crippen LogP contribution in [0.15, 0.2) is 71.9 Å². The van der Waals surface area contributed by atoms with Crippen LogP contribution >= 0.6 is 0 Å². The Morgan fingerprint density at radius 3 is 2.55 bits per heavy atom. The molecule has 0 spiro atoms. The van der Waals surface area contributed by atoms with E-state index in [4.69, 9.17) is 4.74 Å². The lowest BCUT2D eigenvalue weighted by molar-refractivity contribution is 0.0688. The number of ether oxygens (including phenoxy) is 1. The number of hydrogen-bond donors (Lipinski definition) is 1. The number of rotatable bonds is 5. The molecule has 31 heavy (non-hydrogen) atoms. The molecule has 1 saturated heterocycles. The highest BCUT2D eigenvalue weighted by Crippen LogP contribution is 2.43. The van der Waals surface area contributed by atoms with Gasteiger partial charge in [0.1, 0.15) is 18.0 Å². The molecule has 1 unspecified atom stereocenters. The van der Waals surface area contributed by atoms with Crippen molar-refractivity contribution in [2.24, 2.45) is 0 Å². The maximum Gasteiger partial charge on any atom is 0.245 e. The maximum absolute atomic E-state index is 13.5. The Bertz CT molecular complexity index is 1170. The molecule has 160 valence electrons. The minimum absolute atomic E-state index is 0.245. The standard InChI is InChI=1S/C22H23N5O3S/c1-26(13-16-8-4-2-5-9-16)21-19-20(24-15-25-21)23-12-17-14-30-22(19)27(17)31(28,29)18-10-6-3-7-11-18/h2-11,15,17,22H,12-14H2,1H3,(H,23,24,25)/t17-,22?/m0/s1. The van der Waals surface area contributed by atoms with Gasteiger partial charge in [-0.05, 0) is 17.7 Å². The highest BCUT2D eigenvalue weighted by atomic mass is 32.2. The molecule has 0 saturated carbocycles. The van der Waals surface area contributed by atoms with Gasteiger partial charge in [-0.3, -0.25) is 0 Å². The predicted molar refractivity (Wildman–Crippen MR) is 117 cm³/mol. The third kappa shape index (κ3) is 3.54. The number of sulfonamides is 1. The van der Waals surface area contributed by atoms with Gasteiger partial charge in [0.05, 0.1) is 23.1 Å². The van der Waals surface area contributed by atoms with Gasteiger partial charge in [-0.25, -0.2) is 18.4 Å². The second-order valence-electron chi connectivity index (χ2n) is 7.67. The molecule has 2 bridgehead atoms. The van der Waals surface area contributed by atoms with Gasteiger partial charge >= 0.3 is 0 Å². The van der Waals surface area contributed by atoms with Crippen molar-refractivity contribution >= 4 is 21.7 Å². The molecule has 2 aliphatic heterocycles. The smallest absolute Gasteiger partial charge is 0.245 e. The van der Waals surface area contributed by atoms with Crippen molar-refractivity contribution in [3.63, 3.8) is 0 Å². The molecule has 2 aliphatic rings. The zero-order valence-corrected chi connectivity index (χ0v) is 17.9. The Morgan fingerprint density at radius 2 is 1.81 bits per heavy atom. The van der Waals surface area contributed by atoms with E-state index in [2.05, 4.69) is 15.3 Å². The number of anilines is 2. The molecular weight excluding hydrogens is 414 g/mol. The molecule has 3 aromatic rings. The zero-order valence-electron chi connectivity index (χ0n) is 17.0. The average Bonchev–Trinajstić information content (AvgIpc) is 3.14. The molecule has 2 aromatic carbocycles. The van der Waals surface area contributed by atoms with Crippen molar-refractivity contribution in [1.29, 1.82) is 0 Å². The van der Waals surface area contributed by atoms with E-state index in [-0.39, 0.29) is 10.9 Å². The minimum Gasteiger partial charge on any atom is -0.368 e. The van der Waals surface area contributed by atoms with Gasteiger partial charge in [-0.1, -0.05) is 48.5 Å². The van der Waals surface area contributed by atoms with E-state index in [9.17, 15) is 8.42 Å². The van der Waals surface area contributed by atoms with Crippen molar-refractivity contribution in [2.75, 3.05) is 30.4 Å². The summed E-state index contributed by atoms with van der Waals surface area (Å²) in [6.45, 7) is 1.33. The molecule has 9 heteroatoms. The molecular formula is C22H23N5O3S. The summed E-state index contributed by atoms with van der Waals surface area (Å²) >= 11 is 0. The third-order valence-corrected chi connectivity index (χ3v) is 7.51. The van der Waals surface area contributed by atoms with E-state index in [0.717, 1.165) is 5.56 Å². The summed E-state index contributed by atoms with van der Waals surface area (Å²) < 4.78 is 34.6. The molecule has 8 nitrogen and oxygen atoms in total. The van der Waals surface area contributed by atoms with Crippen LogP contribution in [0, 0.1) is 0 Å². The Kier molecular flexibility index (Phi) is 5.09. The van der Waals surface area contributed by atoms with Crippen LogP contribution < -0.4 is 10.2 Å². The molecule has 0 radical (unpaired) electrons. The van der Waals surface area contributed by atoms with Gasteiger partial charge in [0.15, 0.2) is 6.23 Å². The topological polar surface area (TPSA) is 87.7 Å². The van der Waals surface area contributed by atoms with Crippen LogP contribution in [0.5, 0.6) is 0 Å². The fraction of sp³-hybridized carbons (Fsp3) is 0.273. The number of hydrogen-bond acceptors (Lipinski definition) is 7. The zero-order chi connectivity index (χ0) is 21.4. The molecule has 0 amide bonds. The van der Waals surface area contributed by atoms with E-state index in [0.29, 0.717) is 36.9 Å². The first-order chi connectivity index (χ1) is 15.1. The van der Waals surface area contributed by atoms with Crippen LogP contribution in [0.25, 0.3) is 0 Å². The summed E-state index contributed by atoms with van der Waals surface area (Å²) in [7, 11) is -1.84. The third-order valence-electron chi connectivity index (χ3n) is 5.60. The summed E-state index contributed by atoms with van der Waals surface area (Å²) in [6, 6.07) is 18.2. The Morgan fingerprint density at radius 1 is 1.10 bits per heavy atom. The number of nitrogens with one attached hydrogen (secondary N) is 1. The average molecular weight is 438 g/mol. The lowest BCUT2D eigenvalue weighted by Crippen LogP contribution is -2.40. The van der Waals surface area contributed by atoms with E-state index in [1.807, 2.05) is 42.3 Å². The summed E-state index contributed by atoms with van der Waals surface area (Å²) in [6.07, 6.45) is 0.701. The van der Waals surface area contributed by atoms with E-state index >= 15 is 0 Å². The predicted octanol–water partition coefficient (Wildman–Crippen LogP) is 2.63.